The summed E-state index contributed by atoms with van der Waals surface area (Å²) in [5.74, 6) is 0.553. The van der Waals surface area contributed by atoms with Crippen molar-refractivity contribution >= 4 is 5.91 Å². The normalized spacial score (nSPS) is 15.0. The molecule has 2 aromatic heterocycles. The molecule has 8 nitrogen and oxygen atoms in total. The smallest absolute Gasteiger partial charge is 0.246 e. The van der Waals surface area contributed by atoms with Crippen molar-refractivity contribution in [1.29, 1.82) is 0 Å². The molecule has 1 aliphatic heterocycles. The first-order chi connectivity index (χ1) is 13.3. The van der Waals surface area contributed by atoms with Gasteiger partial charge in [-0.2, -0.15) is 4.80 Å². The maximum Gasteiger partial charge on any atom is 0.246 e. The Hall–Kier alpha value is -3.13. The molecule has 0 spiro atoms. The highest BCUT2D eigenvalue weighted by Crippen LogP contribution is 2.12. The van der Waals surface area contributed by atoms with Gasteiger partial charge in [0.25, 0.3) is 0 Å². The van der Waals surface area contributed by atoms with Crippen LogP contribution in [0.3, 0.4) is 0 Å². The van der Waals surface area contributed by atoms with E-state index in [4.69, 9.17) is 0 Å². The first kappa shape index (κ1) is 17.3. The Balaban J connectivity index is 1.29. The molecule has 1 aliphatic rings. The van der Waals surface area contributed by atoms with Gasteiger partial charge in [-0.3, -0.25) is 14.7 Å². The molecule has 1 amide bonds. The lowest BCUT2D eigenvalue weighted by molar-refractivity contribution is -0.134. The molecule has 4 rings (SSSR count). The van der Waals surface area contributed by atoms with Gasteiger partial charge in [0.2, 0.25) is 11.7 Å². The van der Waals surface area contributed by atoms with E-state index in [1.807, 2.05) is 47.5 Å². The second kappa shape index (κ2) is 8.05. The molecule has 27 heavy (non-hydrogen) atoms. The number of rotatable bonds is 5. The summed E-state index contributed by atoms with van der Waals surface area (Å²) >= 11 is 0. The van der Waals surface area contributed by atoms with Crippen LogP contribution in [0.25, 0.3) is 11.4 Å². The van der Waals surface area contributed by atoms with Crippen LogP contribution >= 0.6 is 0 Å². The highest BCUT2D eigenvalue weighted by atomic mass is 16.2. The van der Waals surface area contributed by atoms with Gasteiger partial charge in [-0.05, 0) is 16.8 Å². The van der Waals surface area contributed by atoms with E-state index in [-0.39, 0.29) is 12.5 Å². The van der Waals surface area contributed by atoms with Gasteiger partial charge in [0.15, 0.2) is 0 Å². The number of piperazine rings is 1. The van der Waals surface area contributed by atoms with Gasteiger partial charge in [-0.15, -0.1) is 10.2 Å². The van der Waals surface area contributed by atoms with Crippen molar-refractivity contribution in [2.75, 3.05) is 26.2 Å². The number of carbonyl (C=O) groups is 1. The van der Waals surface area contributed by atoms with Crippen LogP contribution in [0.15, 0.2) is 54.9 Å². The van der Waals surface area contributed by atoms with Crippen molar-refractivity contribution in [2.24, 2.45) is 0 Å². The number of nitrogens with zero attached hydrogens (tertiary/aromatic N) is 7. The van der Waals surface area contributed by atoms with Gasteiger partial charge in [0.05, 0.1) is 0 Å². The van der Waals surface area contributed by atoms with E-state index in [1.165, 1.54) is 10.4 Å². The zero-order valence-electron chi connectivity index (χ0n) is 15.0. The van der Waals surface area contributed by atoms with E-state index >= 15 is 0 Å². The van der Waals surface area contributed by atoms with Crippen LogP contribution in [0.1, 0.15) is 5.56 Å². The topological polar surface area (TPSA) is 80.0 Å². The zero-order chi connectivity index (χ0) is 18.5. The van der Waals surface area contributed by atoms with E-state index < -0.39 is 0 Å². The van der Waals surface area contributed by atoms with Crippen molar-refractivity contribution in [1.82, 2.24) is 35.0 Å². The molecule has 1 saturated heterocycles. The highest BCUT2D eigenvalue weighted by molar-refractivity contribution is 5.76. The zero-order valence-corrected chi connectivity index (χ0v) is 15.0. The SMILES string of the molecule is O=C(Cn1nnc(-c2ccccc2)n1)N1CCN(Cc2cccnc2)CC1. The molecule has 0 aliphatic carbocycles. The third-order valence-electron chi connectivity index (χ3n) is 4.62. The largest absolute Gasteiger partial charge is 0.338 e. The number of benzene rings is 1. The van der Waals surface area contributed by atoms with Crippen LogP contribution in [-0.2, 0) is 17.9 Å². The lowest BCUT2D eigenvalue weighted by Crippen LogP contribution is -2.49. The number of amides is 1. The lowest BCUT2D eigenvalue weighted by atomic mass is 10.2. The lowest BCUT2D eigenvalue weighted by Gasteiger charge is -2.34. The molecule has 1 aromatic carbocycles. The van der Waals surface area contributed by atoms with Gasteiger partial charge in [0, 0.05) is 50.7 Å². The van der Waals surface area contributed by atoms with Crippen LogP contribution in [0.4, 0.5) is 0 Å². The fraction of sp³-hybridized carbons (Fsp3) is 0.316. The Morgan fingerprint density at radius 1 is 1.00 bits per heavy atom. The summed E-state index contributed by atoms with van der Waals surface area (Å²) in [4.78, 5) is 22.3. The van der Waals surface area contributed by atoms with Crippen molar-refractivity contribution in [3.63, 3.8) is 0 Å². The minimum Gasteiger partial charge on any atom is -0.338 e. The van der Waals surface area contributed by atoms with Gasteiger partial charge in [-0.25, -0.2) is 0 Å². The van der Waals surface area contributed by atoms with Crippen molar-refractivity contribution in [3.05, 3.63) is 60.4 Å². The average molecular weight is 363 g/mol. The van der Waals surface area contributed by atoms with Crippen LogP contribution in [0.2, 0.25) is 0 Å². The molecule has 138 valence electrons. The van der Waals surface area contributed by atoms with Gasteiger partial charge < -0.3 is 4.90 Å². The van der Waals surface area contributed by atoms with Gasteiger partial charge in [-0.1, -0.05) is 36.4 Å². The summed E-state index contributed by atoms with van der Waals surface area (Å²) in [5, 5.41) is 12.4. The van der Waals surface area contributed by atoms with Gasteiger partial charge in [0.1, 0.15) is 6.54 Å². The van der Waals surface area contributed by atoms with Crippen LogP contribution in [-0.4, -0.2) is 67.1 Å². The standard InChI is InChI=1S/C19H21N7O/c27-18(15-26-22-19(21-23-26)17-6-2-1-3-7-17)25-11-9-24(10-12-25)14-16-5-4-8-20-13-16/h1-8,13H,9-12,14-15H2. The van der Waals surface area contributed by atoms with Crippen LogP contribution < -0.4 is 0 Å². The molecule has 0 radical (unpaired) electrons. The van der Waals surface area contributed by atoms with E-state index in [0.717, 1.165) is 25.2 Å². The molecule has 0 bridgehead atoms. The van der Waals surface area contributed by atoms with Crippen LogP contribution in [0, 0.1) is 0 Å². The predicted molar refractivity (Wildman–Crippen MR) is 99.3 cm³/mol. The summed E-state index contributed by atoms with van der Waals surface area (Å²) < 4.78 is 0. The molecule has 0 unspecified atom stereocenters. The van der Waals surface area contributed by atoms with Crippen molar-refractivity contribution in [2.45, 2.75) is 13.1 Å². The predicted octanol–water partition coefficient (Wildman–Crippen LogP) is 1.08. The first-order valence-electron chi connectivity index (χ1n) is 9.00. The Labute approximate surface area is 157 Å². The number of hydrogen-bond acceptors (Lipinski definition) is 6. The molecular weight excluding hydrogens is 342 g/mol. The third-order valence-corrected chi connectivity index (χ3v) is 4.62. The number of hydrogen-bond donors (Lipinski definition) is 0. The van der Waals surface area contributed by atoms with Crippen LogP contribution in [0.5, 0.6) is 0 Å². The van der Waals surface area contributed by atoms with E-state index in [1.54, 1.807) is 6.20 Å². The number of carbonyl (C=O) groups excluding carboxylic acids is 1. The maximum absolute atomic E-state index is 12.5. The Morgan fingerprint density at radius 2 is 1.81 bits per heavy atom. The maximum atomic E-state index is 12.5. The average Bonchev–Trinajstić information content (AvgIpc) is 3.18. The summed E-state index contributed by atoms with van der Waals surface area (Å²) in [6.45, 7) is 4.09. The summed E-state index contributed by atoms with van der Waals surface area (Å²) in [5.41, 5.74) is 2.08. The molecular formula is C19H21N7O. The molecule has 8 heteroatoms. The van der Waals surface area contributed by atoms with Crippen molar-refractivity contribution in [3.8, 4) is 11.4 Å². The van der Waals surface area contributed by atoms with Gasteiger partial charge >= 0.3 is 0 Å². The third kappa shape index (κ3) is 4.35. The Kier molecular flexibility index (Phi) is 5.15. The quantitative estimate of drug-likeness (QED) is 0.675. The minimum atomic E-state index is 0.0213. The highest BCUT2D eigenvalue weighted by Gasteiger charge is 2.22. The second-order valence-corrected chi connectivity index (χ2v) is 6.53. The number of tetrazole rings is 1. The fourth-order valence-electron chi connectivity index (χ4n) is 3.14. The number of pyridine rings is 1. The van der Waals surface area contributed by atoms with E-state index in [2.05, 4.69) is 31.4 Å². The summed E-state index contributed by atoms with van der Waals surface area (Å²) in [7, 11) is 0. The minimum absolute atomic E-state index is 0.0213. The molecule has 0 saturated carbocycles. The summed E-state index contributed by atoms with van der Waals surface area (Å²) in [6, 6.07) is 13.6. The second-order valence-electron chi connectivity index (χ2n) is 6.53. The van der Waals surface area contributed by atoms with E-state index in [9.17, 15) is 4.79 Å². The monoisotopic (exact) mass is 363 g/mol. The first-order valence-corrected chi connectivity index (χ1v) is 9.00. The molecule has 0 N–H and O–H groups in total. The Morgan fingerprint density at radius 3 is 2.56 bits per heavy atom. The summed E-state index contributed by atoms with van der Waals surface area (Å²) in [6.07, 6.45) is 3.67. The molecule has 0 atom stereocenters. The van der Waals surface area contributed by atoms with E-state index in [0.29, 0.717) is 18.9 Å². The molecule has 1 fully saturated rings. The van der Waals surface area contributed by atoms with Crippen molar-refractivity contribution < 1.29 is 4.79 Å². The Bertz CT molecular complexity index is 873. The molecule has 3 aromatic rings. The molecule has 3 heterocycles. The fourth-order valence-corrected chi connectivity index (χ4v) is 3.14. The number of aromatic nitrogens is 5.